The summed E-state index contributed by atoms with van der Waals surface area (Å²) in [6, 6.07) is 14.6. The van der Waals surface area contributed by atoms with Crippen LogP contribution in [0.5, 0.6) is 0 Å². The van der Waals surface area contributed by atoms with E-state index in [1.165, 1.54) is 21.9 Å². The molecule has 0 unspecified atom stereocenters. The Balaban J connectivity index is 1.90. The van der Waals surface area contributed by atoms with Gasteiger partial charge in [-0.05, 0) is 48.4 Å². The minimum absolute atomic E-state index is 1.01. The molecule has 1 nitrogen and oxygen atoms in total. The second-order valence-corrected chi connectivity index (χ2v) is 5.54. The van der Waals surface area contributed by atoms with E-state index in [1.807, 2.05) is 13.1 Å². The van der Waals surface area contributed by atoms with E-state index in [1.54, 1.807) is 0 Å². The number of rotatable bonds is 4. The Morgan fingerprint density at radius 3 is 2.74 bits per heavy atom. The lowest BCUT2D eigenvalue weighted by Gasteiger charge is -2.07. The molecular weight excluding hydrogens is 278 g/mol. The van der Waals surface area contributed by atoms with Crippen LogP contribution < -0.4 is 0 Å². The Hall–Kier alpha value is -2.67. The SMILES string of the molecule is C/C=C\C(=C/C=Nc1cccc2ccccc12)C1=CCCC=C1. The van der Waals surface area contributed by atoms with Gasteiger partial charge in [0.05, 0.1) is 5.69 Å². The minimum Gasteiger partial charge on any atom is -0.256 e. The molecule has 0 heterocycles. The fourth-order valence-electron chi connectivity index (χ4n) is 2.77. The van der Waals surface area contributed by atoms with Gasteiger partial charge in [-0.1, -0.05) is 66.8 Å². The van der Waals surface area contributed by atoms with E-state index in [0.717, 1.165) is 18.5 Å². The average molecular weight is 299 g/mol. The van der Waals surface area contributed by atoms with Crippen LogP contribution in [0.15, 0.2) is 95.1 Å². The number of nitrogens with zero attached hydrogens (tertiary/aromatic N) is 1. The maximum Gasteiger partial charge on any atom is 0.0707 e. The van der Waals surface area contributed by atoms with Crippen molar-refractivity contribution in [3.63, 3.8) is 0 Å². The molecule has 1 aliphatic rings. The predicted octanol–water partition coefficient (Wildman–Crippen LogP) is 6.32. The minimum atomic E-state index is 1.01. The summed E-state index contributed by atoms with van der Waals surface area (Å²) in [6.45, 7) is 2.04. The van der Waals surface area contributed by atoms with Crippen molar-refractivity contribution in [3.05, 3.63) is 90.1 Å². The van der Waals surface area contributed by atoms with Crippen molar-refractivity contribution in [1.29, 1.82) is 0 Å². The topological polar surface area (TPSA) is 12.4 Å². The van der Waals surface area contributed by atoms with Crippen LogP contribution in [0.4, 0.5) is 5.69 Å². The van der Waals surface area contributed by atoms with E-state index in [2.05, 4.69) is 83.9 Å². The number of hydrogen-bond donors (Lipinski definition) is 0. The smallest absolute Gasteiger partial charge is 0.0707 e. The molecule has 2 aromatic rings. The van der Waals surface area contributed by atoms with Gasteiger partial charge in [-0.25, -0.2) is 0 Å². The highest BCUT2D eigenvalue weighted by Gasteiger charge is 2.01. The van der Waals surface area contributed by atoms with Crippen LogP contribution in [0.2, 0.25) is 0 Å². The second kappa shape index (κ2) is 7.55. The van der Waals surface area contributed by atoms with Gasteiger partial charge < -0.3 is 0 Å². The van der Waals surface area contributed by atoms with Crippen molar-refractivity contribution in [1.82, 2.24) is 0 Å². The standard InChI is InChI=1S/C22H21N/c1-2-9-18(19-10-4-3-5-11-19)16-17-23-22-15-8-13-20-12-6-7-14-21(20)22/h2,4,6-17H,3,5H2,1H3/b9-2-,18-16+,23-17?. The first kappa shape index (κ1) is 15.2. The molecule has 0 N–H and O–H groups in total. The first-order chi connectivity index (χ1) is 11.4. The largest absolute Gasteiger partial charge is 0.256 e. The Kier molecular flexibility index (Phi) is 5.00. The summed E-state index contributed by atoms with van der Waals surface area (Å²) in [6.07, 6.45) is 17.2. The highest BCUT2D eigenvalue weighted by molar-refractivity contribution is 5.94. The molecule has 2 aromatic carbocycles. The summed E-state index contributed by atoms with van der Waals surface area (Å²) >= 11 is 0. The van der Waals surface area contributed by atoms with Crippen LogP contribution in [0.1, 0.15) is 19.8 Å². The van der Waals surface area contributed by atoms with Gasteiger partial charge in [-0.15, -0.1) is 0 Å². The molecule has 0 radical (unpaired) electrons. The lowest BCUT2D eigenvalue weighted by atomic mass is 9.99. The Morgan fingerprint density at radius 2 is 1.91 bits per heavy atom. The van der Waals surface area contributed by atoms with E-state index in [4.69, 9.17) is 0 Å². The molecule has 0 spiro atoms. The molecule has 0 saturated heterocycles. The van der Waals surface area contributed by atoms with Crippen LogP contribution >= 0.6 is 0 Å². The van der Waals surface area contributed by atoms with Crippen molar-refractivity contribution in [2.24, 2.45) is 4.99 Å². The summed E-state index contributed by atoms with van der Waals surface area (Å²) in [4.78, 5) is 4.66. The molecule has 0 amide bonds. The van der Waals surface area contributed by atoms with Gasteiger partial charge in [0, 0.05) is 11.6 Å². The summed E-state index contributed by atoms with van der Waals surface area (Å²) in [7, 11) is 0. The van der Waals surface area contributed by atoms with Crippen LogP contribution in [0.25, 0.3) is 10.8 Å². The van der Waals surface area contributed by atoms with Gasteiger partial charge in [0.15, 0.2) is 0 Å². The summed E-state index contributed by atoms with van der Waals surface area (Å²) < 4.78 is 0. The van der Waals surface area contributed by atoms with Gasteiger partial charge in [0.2, 0.25) is 0 Å². The van der Waals surface area contributed by atoms with E-state index < -0.39 is 0 Å². The first-order valence-corrected chi connectivity index (χ1v) is 8.10. The van der Waals surface area contributed by atoms with E-state index in [-0.39, 0.29) is 0 Å². The van der Waals surface area contributed by atoms with Gasteiger partial charge in [0.1, 0.15) is 0 Å². The maximum atomic E-state index is 4.66. The molecule has 114 valence electrons. The third-order valence-corrected chi connectivity index (χ3v) is 3.91. The summed E-state index contributed by atoms with van der Waals surface area (Å²) in [5.41, 5.74) is 3.48. The second-order valence-electron chi connectivity index (χ2n) is 5.54. The molecule has 0 aromatic heterocycles. The summed E-state index contributed by atoms with van der Waals surface area (Å²) in [5.74, 6) is 0. The quantitative estimate of drug-likeness (QED) is 0.462. The number of fused-ring (bicyclic) bond motifs is 1. The molecule has 0 bridgehead atoms. The highest BCUT2D eigenvalue weighted by Crippen LogP contribution is 2.25. The molecule has 0 aliphatic heterocycles. The van der Waals surface area contributed by atoms with Crippen molar-refractivity contribution in [2.45, 2.75) is 19.8 Å². The van der Waals surface area contributed by atoms with Gasteiger partial charge in [-0.3, -0.25) is 4.99 Å². The van der Waals surface area contributed by atoms with E-state index in [9.17, 15) is 0 Å². The fourth-order valence-corrected chi connectivity index (χ4v) is 2.77. The van der Waals surface area contributed by atoms with Crippen LogP contribution in [0, 0.1) is 0 Å². The van der Waals surface area contributed by atoms with Crippen molar-refractivity contribution >= 4 is 22.7 Å². The Morgan fingerprint density at radius 1 is 1.04 bits per heavy atom. The predicted molar refractivity (Wildman–Crippen MR) is 101 cm³/mol. The van der Waals surface area contributed by atoms with Crippen LogP contribution in [0.3, 0.4) is 0 Å². The fraction of sp³-hybridized carbons (Fsp3) is 0.136. The molecule has 0 fully saturated rings. The van der Waals surface area contributed by atoms with Crippen molar-refractivity contribution < 1.29 is 0 Å². The number of aliphatic imine (C=N–C) groups is 1. The number of allylic oxidation sites excluding steroid dienone is 8. The third-order valence-electron chi connectivity index (χ3n) is 3.91. The molecule has 0 saturated carbocycles. The first-order valence-electron chi connectivity index (χ1n) is 8.10. The molecule has 1 heteroatoms. The normalized spacial score (nSPS) is 15.7. The third kappa shape index (κ3) is 3.75. The molecule has 0 atom stereocenters. The lowest BCUT2D eigenvalue weighted by Crippen LogP contribution is -1.88. The lowest BCUT2D eigenvalue weighted by molar-refractivity contribution is 1.02. The zero-order valence-corrected chi connectivity index (χ0v) is 13.4. The van der Waals surface area contributed by atoms with Gasteiger partial charge >= 0.3 is 0 Å². The van der Waals surface area contributed by atoms with Gasteiger partial charge in [-0.2, -0.15) is 0 Å². The molecular formula is C22H21N. The monoisotopic (exact) mass is 299 g/mol. The van der Waals surface area contributed by atoms with E-state index in [0.29, 0.717) is 0 Å². The van der Waals surface area contributed by atoms with Crippen LogP contribution in [-0.4, -0.2) is 6.21 Å². The zero-order chi connectivity index (χ0) is 15.9. The molecule has 23 heavy (non-hydrogen) atoms. The average Bonchev–Trinajstić information content (AvgIpc) is 2.62. The number of benzene rings is 2. The highest BCUT2D eigenvalue weighted by atomic mass is 14.7. The maximum absolute atomic E-state index is 4.66. The van der Waals surface area contributed by atoms with Gasteiger partial charge in [0.25, 0.3) is 0 Å². The van der Waals surface area contributed by atoms with E-state index >= 15 is 0 Å². The Labute approximate surface area is 138 Å². The molecule has 1 aliphatic carbocycles. The Bertz CT molecular complexity index is 827. The number of hydrogen-bond acceptors (Lipinski definition) is 1. The van der Waals surface area contributed by atoms with Crippen molar-refractivity contribution in [2.75, 3.05) is 0 Å². The molecule has 3 rings (SSSR count). The van der Waals surface area contributed by atoms with Crippen LogP contribution in [-0.2, 0) is 0 Å². The van der Waals surface area contributed by atoms with Crippen molar-refractivity contribution in [3.8, 4) is 0 Å². The summed E-state index contributed by atoms with van der Waals surface area (Å²) in [5, 5.41) is 2.40. The zero-order valence-electron chi connectivity index (χ0n) is 13.4.